The number of furan rings is 1. The number of nitrogens with zero attached hydrogens (tertiary/aromatic N) is 4. The third kappa shape index (κ3) is 3.67. The highest BCUT2D eigenvalue weighted by Gasteiger charge is 2.14. The molecule has 0 unspecified atom stereocenters. The summed E-state index contributed by atoms with van der Waals surface area (Å²) in [5.74, 6) is 1.30. The number of hydrogen-bond acceptors (Lipinski definition) is 6. The number of nitro benzene ring substituents is 1. The lowest BCUT2D eigenvalue weighted by Gasteiger charge is -2.05. The molecule has 0 fully saturated rings. The molecule has 0 bridgehead atoms. The van der Waals surface area contributed by atoms with E-state index in [1.807, 2.05) is 6.07 Å². The largest absolute Gasteiger partial charge is 0.455 e. The van der Waals surface area contributed by atoms with E-state index < -0.39 is 4.92 Å². The smallest absolute Gasteiger partial charge is 0.282 e. The van der Waals surface area contributed by atoms with Gasteiger partial charge in [-0.1, -0.05) is 28.1 Å². The van der Waals surface area contributed by atoms with Crippen LogP contribution in [0.15, 0.2) is 67.3 Å². The summed E-state index contributed by atoms with van der Waals surface area (Å²) in [6.45, 7) is 3.37. The van der Waals surface area contributed by atoms with Crippen molar-refractivity contribution in [3.8, 4) is 11.3 Å². The lowest BCUT2D eigenvalue weighted by molar-refractivity contribution is -0.385. The summed E-state index contributed by atoms with van der Waals surface area (Å²) >= 11 is 3.36. The van der Waals surface area contributed by atoms with Gasteiger partial charge in [-0.05, 0) is 44.2 Å². The molecule has 0 radical (unpaired) electrons. The zero-order valence-corrected chi connectivity index (χ0v) is 17.6. The Hall–Kier alpha value is -3.59. The SMILES string of the molecule is Cc1ccc(-c2ccc(C=Nn3c(C)nc4ccc(Br)cc4c3=O)o2)cc1[N+](=O)[O-]. The summed E-state index contributed by atoms with van der Waals surface area (Å²) in [6.07, 6.45) is 1.41. The fourth-order valence-corrected chi connectivity index (χ4v) is 3.41. The zero-order chi connectivity index (χ0) is 21.4. The molecule has 0 aliphatic rings. The highest BCUT2D eigenvalue weighted by molar-refractivity contribution is 9.10. The fourth-order valence-electron chi connectivity index (χ4n) is 3.05. The molecule has 4 rings (SSSR count). The first-order chi connectivity index (χ1) is 14.3. The molecule has 0 saturated carbocycles. The van der Waals surface area contributed by atoms with E-state index in [1.165, 1.54) is 17.0 Å². The van der Waals surface area contributed by atoms with Gasteiger partial charge in [0.1, 0.15) is 17.3 Å². The zero-order valence-electron chi connectivity index (χ0n) is 16.0. The van der Waals surface area contributed by atoms with Gasteiger partial charge in [0.05, 0.1) is 22.0 Å². The molecule has 150 valence electrons. The molecule has 2 heterocycles. The van der Waals surface area contributed by atoms with Crippen LogP contribution in [0, 0.1) is 24.0 Å². The Bertz CT molecular complexity index is 1390. The molecule has 0 aliphatic heterocycles. The average molecular weight is 467 g/mol. The molecule has 0 amide bonds. The monoisotopic (exact) mass is 466 g/mol. The van der Waals surface area contributed by atoms with E-state index in [0.717, 1.165) is 4.47 Å². The topological polar surface area (TPSA) is 104 Å². The van der Waals surface area contributed by atoms with Gasteiger partial charge in [0, 0.05) is 21.7 Å². The first kappa shape index (κ1) is 19.7. The van der Waals surface area contributed by atoms with Gasteiger partial charge in [0.15, 0.2) is 0 Å². The van der Waals surface area contributed by atoms with Crippen molar-refractivity contribution < 1.29 is 9.34 Å². The van der Waals surface area contributed by atoms with Crippen LogP contribution >= 0.6 is 15.9 Å². The maximum atomic E-state index is 12.8. The molecule has 2 aromatic heterocycles. The summed E-state index contributed by atoms with van der Waals surface area (Å²) in [5, 5.41) is 15.8. The van der Waals surface area contributed by atoms with Gasteiger partial charge < -0.3 is 4.42 Å². The van der Waals surface area contributed by atoms with Crippen molar-refractivity contribution in [3.63, 3.8) is 0 Å². The Morgan fingerprint density at radius 1 is 1.17 bits per heavy atom. The summed E-state index contributed by atoms with van der Waals surface area (Å²) in [6, 6.07) is 13.5. The van der Waals surface area contributed by atoms with E-state index in [-0.39, 0.29) is 11.2 Å². The number of fused-ring (bicyclic) bond motifs is 1. The van der Waals surface area contributed by atoms with E-state index in [9.17, 15) is 14.9 Å². The van der Waals surface area contributed by atoms with Crippen LogP contribution in [0.2, 0.25) is 0 Å². The van der Waals surface area contributed by atoms with Crippen LogP contribution in [0.4, 0.5) is 5.69 Å². The highest BCUT2D eigenvalue weighted by atomic mass is 79.9. The Morgan fingerprint density at radius 3 is 2.73 bits per heavy atom. The van der Waals surface area contributed by atoms with Crippen molar-refractivity contribution in [2.24, 2.45) is 5.10 Å². The predicted octanol–water partition coefficient (Wildman–Crippen LogP) is 4.83. The van der Waals surface area contributed by atoms with Crippen LogP contribution in [0.1, 0.15) is 17.1 Å². The summed E-state index contributed by atoms with van der Waals surface area (Å²) < 4.78 is 7.71. The molecule has 0 spiro atoms. The van der Waals surface area contributed by atoms with E-state index in [2.05, 4.69) is 26.0 Å². The van der Waals surface area contributed by atoms with Gasteiger partial charge in [0.2, 0.25) is 0 Å². The molecule has 4 aromatic rings. The number of nitro groups is 1. The quantitative estimate of drug-likeness (QED) is 0.243. The van der Waals surface area contributed by atoms with Gasteiger partial charge in [-0.25, -0.2) is 4.98 Å². The number of aromatic nitrogens is 2. The molecule has 2 aromatic carbocycles. The van der Waals surface area contributed by atoms with Crippen molar-refractivity contribution in [3.05, 3.63) is 90.6 Å². The Labute approximate surface area is 178 Å². The van der Waals surface area contributed by atoms with E-state index in [0.29, 0.717) is 39.4 Å². The third-order valence-corrected chi connectivity index (χ3v) is 5.08. The summed E-state index contributed by atoms with van der Waals surface area (Å²) in [4.78, 5) is 27.9. The van der Waals surface area contributed by atoms with Gasteiger partial charge >= 0.3 is 0 Å². The Kier molecular flexibility index (Phi) is 5.04. The van der Waals surface area contributed by atoms with Crippen molar-refractivity contribution >= 4 is 38.7 Å². The number of rotatable bonds is 4. The second-order valence-corrected chi connectivity index (χ2v) is 7.56. The molecule has 8 nitrogen and oxygen atoms in total. The van der Waals surface area contributed by atoms with Gasteiger partial charge in [-0.2, -0.15) is 9.78 Å². The lowest BCUT2D eigenvalue weighted by atomic mass is 10.1. The maximum absolute atomic E-state index is 12.8. The average Bonchev–Trinajstić information content (AvgIpc) is 3.17. The molecule has 30 heavy (non-hydrogen) atoms. The number of aryl methyl sites for hydroxylation is 2. The Balaban J connectivity index is 1.69. The van der Waals surface area contributed by atoms with Crippen LogP contribution in [-0.2, 0) is 0 Å². The van der Waals surface area contributed by atoms with Crippen LogP contribution in [0.5, 0.6) is 0 Å². The summed E-state index contributed by atoms with van der Waals surface area (Å²) in [5.41, 5.74) is 1.47. The van der Waals surface area contributed by atoms with Crippen LogP contribution < -0.4 is 5.56 Å². The predicted molar refractivity (Wildman–Crippen MR) is 117 cm³/mol. The molecule has 0 atom stereocenters. The van der Waals surface area contributed by atoms with E-state index >= 15 is 0 Å². The van der Waals surface area contributed by atoms with Gasteiger partial charge in [0.25, 0.3) is 11.2 Å². The second kappa shape index (κ2) is 7.68. The summed E-state index contributed by atoms with van der Waals surface area (Å²) in [7, 11) is 0. The maximum Gasteiger partial charge on any atom is 0.282 e. The van der Waals surface area contributed by atoms with Crippen LogP contribution in [0.25, 0.3) is 22.2 Å². The number of benzene rings is 2. The van der Waals surface area contributed by atoms with Gasteiger partial charge in [-0.3, -0.25) is 14.9 Å². The van der Waals surface area contributed by atoms with E-state index in [4.69, 9.17) is 4.42 Å². The van der Waals surface area contributed by atoms with Crippen LogP contribution in [0.3, 0.4) is 0 Å². The first-order valence-corrected chi connectivity index (χ1v) is 9.71. The Morgan fingerprint density at radius 2 is 1.97 bits per heavy atom. The molecule has 9 heteroatoms. The van der Waals surface area contributed by atoms with Crippen molar-refractivity contribution in [1.29, 1.82) is 0 Å². The molecular formula is C21H15BrN4O4. The minimum Gasteiger partial charge on any atom is -0.455 e. The minimum atomic E-state index is -0.426. The van der Waals surface area contributed by atoms with Crippen molar-refractivity contribution in [2.75, 3.05) is 0 Å². The molecule has 0 N–H and O–H groups in total. The van der Waals surface area contributed by atoms with E-state index in [1.54, 1.807) is 50.2 Å². The molecule has 0 saturated heterocycles. The molecular weight excluding hydrogens is 452 g/mol. The first-order valence-electron chi connectivity index (χ1n) is 8.92. The van der Waals surface area contributed by atoms with Crippen molar-refractivity contribution in [1.82, 2.24) is 9.66 Å². The second-order valence-electron chi connectivity index (χ2n) is 6.64. The minimum absolute atomic E-state index is 0.0229. The standard InChI is InChI=1S/C21H15BrN4O4/c1-12-3-4-14(9-19(12)26(28)29)20-8-6-16(30-20)11-23-25-13(2)24-18-7-5-15(22)10-17(18)21(25)27/h3-11H,1-2H3. The fraction of sp³-hybridized carbons (Fsp3) is 0.0952. The molecule has 0 aliphatic carbocycles. The third-order valence-electron chi connectivity index (χ3n) is 4.59. The highest BCUT2D eigenvalue weighted by Crippen LogP contribution is 2.28. The number of hydrogen-bond donors (Lipinski definition) is 0. The van der Waals surface area contributed by atoms with Crippen LogP contribution in [-0.4, -0.2) is 20.8 Å². The van der Waals surface area contributed by atoms with Gasteiger partial charge in [-0.15, -0.1) is 0 Å². The normalized spacial score (nSPS) is 11.4. The lowest BCUT2D eigenvalue weighted by Crippen LogP contribution is -2.20. The van der Waals surface area contributed by atoms with Crippen molar-refractivity contribution in [2.45, 2.75) is 13.8 Å². The number of halogens is 1.